The molecular weight excluding hydrogens is 664 g/mol. The Labute approximate surface area is 305 Å². The summed E-state index contributed by atoms with van der Waals surface area (Å²) in [5.41, 5.74) is 7.53. The van der Waals surface area contributed by atoms with E-state index < -0.39 is 24.6 Å². The van der Waals surface area contributed by atoms with Crippen molar-refractivity contribution in [2.24, 2.45) is 5.73 Å². The number of anilines is 2. The number of para-hydroxylation sites is 1. The number of hydrogen-bond acceptors (Lipinski definition) is 13. The molecule has 2 aromatic heterocycles. The lowest BCUT2D eigenvalue weighted by atomic mass is 9.95. The number of carbonyl (C=O) groups excluding carboxylic acids is 3. The van der Waals surface area contributed by atoms with Crippen molar-refractivity contribution in [1.82, 2.24) is 45.8 Å². The van der Waals surface area contributed by atoms with E-state index in [1.807, 2.05) is 35.1 Å². The molecule has 1 saturated heterocycles. The van der Waals surface area contributed by atoms with Crippen LogP contribution in [0.4, 0.5) is 11.8 Å². The number of nitrogens with two attached hydrogens (primary N) is 1. The molecule has 2 atom stereocenters. The van der Waals surface area contributed by atoms with Gasteiger partial charge in [-0.3, -0.25) is 14.3 Å². The Bertz CT molecular complexity index is 1560. The number of aliphatic hydroxyl groups excluding tert-OH is 1. The summed E-state index contributed by atoms with van der Waals surface area (Å²) in [6, 6.07) is 6.74. The van der Waals surface area contributed by atoms with Crippen molar-refractivity contribution in [3.63, 3.8) is 0 Å². The molecule has 2 amide bonds. The first-order chi connectivity index (χ1) is 25.4. The molecule has 2 aliphatic rings. The number of aliphatic hydroxyl groups is 1. The van der Waals surface area contributed by atoms with E-state index in [2.05, 4.69) is 36.9 Å². The van der Waals surface area contributed by atoms with Crippen LogP contribution in [0.25, 0.3) is 10.9 Å². The highest BCUT2D eigenvalue weighted by molar-refractivity contribution is 5.90. The second-order valence-electron chi connectivity index (χ2n) is 13.9. The van der Waals surface area contributed by atoms with Crippen molar-refractivity contribution in [3.05, 3.63) is 36.2 Å². The molecule has 1 aliphatic heterocycles. The Morgan fingerprint density at radius 3 is 2.58 bits per heavy atom. The minimum atomic E-state index is -1.00. The van der Waals surface area contributed by atoms with Gasteiger partial charge >= 0.3 is 0 Å². The fourth-order valence-corrected chi connectivity index (χ4v) is 6.73. The van der Waals surface area contributed by atoms with Crippen molar-refractivity contribution < 1.29 is 19.5 Å². The highest BCUT2D eigenvalue weighted by Crippen LogP contribution is 2.25. The first kappa shape index (κ1) is 39.0. The predicted molar refractivity (Wildman–Crippen MR) is 199 cm³/mol. The smallest absolute Gasteiger partial charge is 0.237 e. The van der Waals surface area contributed by atoms with E-state index in [-0.39, 0.29) is 24.8 Å². The summed E-state index contributed by atoms with van der Waals surface area (Å²) in [6.45, 7) is 4.90. The molecular formula is C36H56N12O4. The van der Waals surface area contributed by atoms with Gasteiger partial charge in [-0.1, -0.05) is 36.6 Å². The summed E-state index contributed by atoms with van der Waals surface area (Å²) in [7, 11) is 0. The number of fused-ring (bicyclic) bond motifs is 1. The van der Waals surface area contributed by atoms with Crippen molar-refractivity contribution >= 4 is 40.8 Å². The Hall–Kier alpha value is -4.25. The second-order valence-corrected chi connectivity index (χ2v) is 13.9. The Balaban J connectivity index is 1.02. The minimum absolute atomic E-state index is 0.0728. The number of rotatable bonds is 21. The fraction of sp³-hybridized carbons (Fsp3) is 0.639. The number of nitrogens with one attached hydrogen (secondary N) is 5. The largest absolute Gasteiger partial charge is 0.394 e. The lowest BCUT2D eigenvalue weighted by molar-refractivity contribution is -0.132. The number of amides is 2. The van der Waals surface area contributed by atoms with Crippen LogP contribution in [0.15, 0.2) is 30.5 Å². The molecule has 0 bridgehead atoms. The molecule has 52 heavy (non-hydrogen) atoms. The number of nitrogens with zero attached hydrogens (tertiary/aromatic N) is 6. The Morgan fingerprint density at radius 2 is 1.79 bits per heavy atom. The molecule has 0 spiro atoms. The van der Waals surface area contributed by atoms with Crippen LogP contribution in [0.3, 0.4) is 0 Å². The van der Waals surface area contributed by atoms with Gasteiger partial charge in [-0.25, -0.2) is 4.98 Å². The summed E-state index contributed by atoms with van der Waals surface area (Å²) < 4.78 is 1.88. The normalized spacial score (nSPS) is 16.8. The predicted octanol–water partition coefficient (Wildman–Crippen LogP) is 1.31. The van der Waals surface area contributed by atoms with Gasteiger partial charge in [0.15, 0.2) is 0 Å². The van der Waals surface area contributed by atoms with Crippen LogP contribution in [0.5, 0.6) is 0 Å². The van der Waals surface area contributed by atoms with E-state index >= 15 is 0 Å². The average Bonchev–Trinajstić information content (AvgIpc) is 3.64. The van der Waals surface area contributed by atoms with E-state index in [0.29, 0.717) is 31.9 Å². The molecule has 3 aromatic rings. The summed E-state index contributed by atoms with van der Waals surface area (Å²) in [5, 5.41) is 35.1. The monoisotopic (exact) mass is 720 g/mol. The number of likely N-dealkylation sites (tertiary alicyclic amines) is 1. The third kappa shape index (κ3) is 12.2. The van der Waals surface area contributed by atoms with Gasteiger partial charge in [0.2, 0.25) is 17.8 Å². The van der Waals surface area contributed by atoms with Gasteiger partial charge in [0.25, 0.3) is 0 Å². The maximum Gasteiger partial charge on any atom is 0.237 e. The maximum atomic E-state index is 12.9. The lowest BCUT2D eigenvalue weighted by Crippen LogP contribution is -2.48. The number of aryl methyl sites for hydroxylation is 1. The molecule has 5 rings (SSSR count). The molecule has 2 fully saturated rings. The molecule has 0 radical (unpaired) electrons. The van der Waals surface area contributed by atoms with E-state index in [4.69, 9.17) is 20.8 Å². The molecule has 16 heteroatoms. The standard InChI is InChI=1S/C36H56N12O4/c37-31(35(52)42-29(24-49)25-50)12-13-33(51)47-20-14-27(15-21-47)41-34-30-10-4-5-11-32(30)43-36(44-34)40-22-28-23-48(46-45-28)19-7-17-38-16-6-18-39-26-8-2-1-3-9-26/h4-5,10-11,23-24,26-27,29,31,38-39,50H,1-3,6-9,12-22,25,37H2,(H,42,52)(H2,40,41,43,44). The fourth-order valence-electron chi connectivity index (χ4n) is 6.73. The molecule has 1 aromatic carbocycles. The average molecular weight is 721 g/mol. The van der Waals surface area contributed by atoms with Gasteiger partial charge in [0, 0.05) is 43.5 Å². The molecule has 2 unspecified atom stereocenters. The summed E-state index contributed by atoms with van der Waals surface area (Å²) in [4.78, 5) is 47.2. The van der Waals surface area contributed by atoms with E-state index in [1.54, 1.807) is 4.90 Å². The van der Waals surface area contributed by atoms with Crippen LogP contribution in [-0.2, 0) is 27.5 Å². The lowest BCUT2D eigenvalue weighted by Gasteiger charge is -2.33. The number of aromatic nitrogens is 5. The van der Waals surface area contributed by atoms with Crippen LogP contribution in [0.1, 0.15) is 76.3 Å². The molecule has 1 saturated carbocycles. The SMILES string of the molecule is NC(CCC(=O)N1CCC(Nc2nc(NCc3cn(CCCNCCCNC4CCCCC4)nn3)nc3ccccc23)CC1)C(=O)NC(C=O)CO. The second kappa shape index (κ2) is 20.7. The van der Waals surface area contributed by atoms with Gasteiger partial charge in [-0.2, -0.15) is 4.98 Å². The number of piperidine rings is 1. The molecule has 16 nitrogen and oxygen atoms in total. The zero-order valence-electron chi connectivity index (χ0n) is 30.1. The first-order valence-electron chi connectivity index (χ1n) is 18.9. The van der Waals surface area contributed by atoms with Crippen LogP contribution < -0.4 is 32.3 Å². The molecule has 1 aliphatic carbocycles. The van der Waals surface area contributed by atoms with Crippen molar-refractivity contribution in [3.8, 4) is 0 Å². The van der Waals surface area contributed by atoms with Gasteiger partial charge in [-0.05, 0) is 76.7 Å². The Morgan fingerprint density at radius 1 is 1.00 bits per heavy atom. The van der Waals surface area contributed by atoms with E-state index in [1.165, 1.54) is 32.1 Å². The third-order valence-corrected chi connectivity index (χ3v) is 9.81. The van der Waals surface area contributed by atoms with Gasteiger partial charge in [0.05, 0.1) is 30.9 Å². The van der Waals surface area contributed by atoms with Crippen LogP contribution in [-0.4, -0.2) is 117 Å². The zero-order chi connectivity index (χ0) is 36.5. The maximum absolute atomic E-state index is 12.9. The highest BCUT2D eigenvalue weighted by Gasteiger charge is 2.25. The van der Waals surface area contributed by atoms with Crippen molar-refractivity contribution in [2.45, 2.75) is 108 Å². The van der Waals surface area contributed by atoms with Crippen LogP contribution in [0.2, 0.25) is 0 Å². The van der Waals surface area contributed by atoms with Gasteiger partial charge in [-0.15, -0.1) is 5.10 Å². The molecule has 8 N–H and O–H groups in total. The van der Waals surface area contributed by atoms with E-state index in [0.717, 1.165) is 80.3 Å². The van der Waals surface area contributed by atoms with Crippen LogP contribution in [0, 0.1) is 0 Å². The third-order valence-electron chi connectivity index (χ3n) is 9.81. The van der Waals surface area contributed by atoms with Crippen LogP contribution >= 0.6 is 0 Å². The van der Waals surface area contributed by atoms with Crippen molar-refractivity contribution in [2.75, 3.05) is 50.0 Å². The van der Waals surface area contributed by atoms with Gasteiger partial charge < -0.3 is 47.1 Å². The van der Waals surface area contributed by atoms with Gasteiger partial charge in [0.1, 0.15) is 23.8 Å². The Kier molecular flexibility index (Phi) is 15.5. The summed E-state index contributed by atoms with van der Waals surface area (Å²) >= 11 is 0. The van der Waals surface area contributed by atoms with E-state index in [9.17, 15) is 14.4 Å². The number of aldehydes is 1. The first-order valence-corrected chi connectivity index (χ1v) is 18.9. The highest BCUT2D eigenvalue weighted by atomic mass is 16.3. The summed E-state index contributed by atoms with van der Waals surface area (Å²) in [6.07, 6.45) is 13.0. The number of benzene rings is 1. The number of carbonyl (C=O) groups is 3. The topological polar surface area (TPSA) is 217 Å². The molecule has 3 heterocycles. The quantitative estimate of drug-likeness (QED) is 0.0611. The molecule has 284 valence electrons. The van der Waals surface area contributed by atoms with Crippen molar-refractivity contribution in [1.29, 1.82) is 0 Å². The minimum Gasteiger partial charge on any atom is -0.394 e. The summed E-state index contributed by atoms with van der Waals surface area (Å²) in [5.74, 6) is 0.578. The number of hydrogen-bond donors (Lipinski definition) is 7. The zero-order valence-corrected chi connectivity index (χ0v) is 30.1.